The van der Waals surface area contributed by atoms with Gasteiger partial charge in [-0.25, -0.2) is 24.5 Å². The van der Waals surface area contributed by atoms with Crippen LogP contribution >= 0.6 is 0 Å². The third-order valence-corrected chi connectivity index (χ3v) is 6.33. The van der Waals surface area contributed by atoms with Gasteiger partial charge in [0.05, 0.1) is 23.0 Å². The molecule has 0 saturated heterocycles. The van der Waals surface area contributed by atoms with Crippen LogP contribution in [0.3, 0.4) is 0 Å². The van der Waals surface area contributed by atoms with Crippen molar-refractivity contribution in [3.8, 4) is 17.3 Å². The third-order valence-electron chi connectivity index (χ3n) is 6.33. The van der Waals surface area contributed by atoms with E-state index in [1.807, 2.05) is 0 Å². The molecule has 5 rings (SSSR count). The highest BCUT2D eigenvalue weighted by Crippen LogP contribution is 2.47. The largest absolute Gasteiger partial charge is 0.507 e. The Morgan fingerprint density at radius 2 is 2.00 bits per heavy atom. The molecule has 36 heavy (non-hydrogen) atoms. The number of hydrogen-bond acceptors (Lipinski definition) is 8. The second kappa shape index (κ2) is 8.14. The Morgan fingerprint density at radius 1 is 1.22 bits per heavy atom. The summed E-state index contributed by atoms with van der Waals surface area (Å²) in [6.45, 7) is 3.55. The molecule has 1 aliphatic rings. The molecule has 3 aromatic heterocycles. The number of hydrogen-bond donors (Lipinski definition) is 3. The maximum Gasteiger partial charge on any atom is 0.419 e. The summed E-state index contributed by atoms with van der Waals surface area (Å²) >= 11 is 0. The van der Waals surface area contributed by atoms with E-state index >= 15 is 0 Å². The van der Waals surface area contributed by atoms with Crippen molar-refractivity contribution < 1.29 is 23.1 Å². The Balaban J connectivity index is 1.61. The first-order valence-corrected chi connectivity index (χ1v) is 11.1. The summed E-state index contributed by atoms with van der Waals surface area (Å²) < 4.78 is 40.9. The number of nitrogen functional groups attached to an aromatic ring is 1. The van der Waals surface area contributed by atoms with Crippen LogP contribution in [-0.4, -0.2) is 40.6 Å². The molecule has 1 amide bonds. The van der Waals surface area contributed by atoms with Gasteiger partial charge in [0, 0.05) is 0 Å². The van der Waals surface area contributed by atoms with Crippen LogP contribution in [0.4, 0.5) is 24.8 Å². The summed E-state index contributed by atoms with van der Waals surface area (Å²) in [5, 5.41) is 16.8. The van der Waals surface area contributed by atoms with Crippen LogP contribution < -0.4 is 11.1 Å². The lowest BCUT2D eigenvalue weighted by molar-refractivity contribution is -0.138. The number of fused-ring (bicyclic) bond motifs is 2. The molecule has 1 aliphatic heterocycles. The lowest BCUT2D eigenvalue weighted by Crippen LogP contribution is -2.33. The molecule has 1 unspecified atom stereocenters. The number of halogens is 3. The molecule has 4 N–H and O–H groups in total. The van der Waals surface area contributed by atoms with Gasteiger partial charge < -0.3 is 16.2 Å². The van der Waals surface area contributed by atoms with Gasteiger partial charge in [-0.1, -0.05) is 19.4 Å². The smallest absolute Gasteiger partial charge is 0.419 e. The van der Waals surface area contributed by atoms with Crippen molar-refractivity contribution in [2.24, 2.45) is 0 Å². The van der Waals surface area contributed by atoms with E-state index in [9.17, 15) is 23.1 Å². The van der Waals surface area contributed by atoms with Crippen molar-refractivity contribution in [1.82, 2.24) is 29.5 Å². The van der Waals surface area contributed by atoms with E-state index in [1.54, 1.807) is 10.7 Å². The average Bonchev–Trinajstić information content (AvgIpc) is 3.39. The zero-order chi connectivity index (χ0) is 25.8. The molecule has 0 bridgehead atoms. The first-order chi connectivity index (χ1) is 17.0. The van der Waals surface area contributed by atoms with Gasteiger partial charge in [0.1, 0.15) is 34.8 Å². The van der Waals surface area contributed by atoms with Gasteiger partial charge in [0.25, 0.3) is 0 Å². The van der Waals surface area contributed by atoms with Gasteiger partial charge >= 0.3 is 6.18 Å². The second-order valence-corrected chi connectivity index (χ2v) is 8.67. The summed E-state index contributed by atoms with van der Waals surface area (Å²) in [6, 6.07) is 2.76. The number of amides is 1. The van der Waals surface area contributed by atoms with Gasteiger partial charge in [0.2, 0.25) is 5.91 Å². The number of phenolic OH excluding ortho intramolecular Hbond substituents is 1. The van der Waals surface area contributed by atoms with E-state index in [1.165, 1.54) is 13.3 Å². The molecule has 4 heterocycles. The lowest BCUT2D eigenvalue weighted by Gasteiger charge is -2.24. The number of aromatic nitrogens is 6. The number of carbonyl (C=O) groups excluding carboxylic acids is 1. The highest BCUT2D eigenvalue weighted by atomic mass is 19.4. The van der Waals surface area contributed by atoms with Crippen LogP contribution in [0.15, 0.2) is 30.7 Å². The molecule has 13 heteroatoms. The number of alkyl halides is 3. The molecule has 0 spiro atoms. The number of carbonyl (C=O) groups is 1. The minimum atomic E-state index is -4.75. The summed E-state index contributed by atoms with van der Waals surface area (Å²) in [7, 11) is 0. The Labute approximate surface area is 202 Å². The number of nitrogens with zero attached hydrogens (tertiary/aromatic N) is 6. The highest BCUT2D eigenvalue weighted by molar-refractivity contribution is 6.09. The molecular formula is C23H21F3N8O2. The maximum atomic E-state index is 13.1. The minimum absolute atomic E-state index is 0.0502. The van der Waals surface area contributed by atoms with Gasteiger partial charge in [-0.15, -0.1) is 0 Å². The summed E-state index contributed by atoms with van der Waals surface area (Å²) in [5.74, 6) is -1.37. The van der Waals surface area contributed by atoms with E-state index < -0.39 is 28.8 Å². The van der Waals surface area contributed by atoms with Gasteiger partial charge in [-0.2, -0.15) is 18.3 Å². The fourth-order valence-corrected chi connectivity index (χ4v) is 4.39. The average molecular weight is 498 g/mol. The van der Waals surface area contributed by atoms with E-state index in [2.05, 4.69) is 37.3 Å². The Bertz CT molecular complexity index is 1520. The van der Waals surface area contributed by atoms with Crippen molar-refractivity contribution in [3.63, 3.8) is 0 Å². The lowest BCUT2D eigenvalue weighted by atomic mass is 9.77. The minimum Gasteiger partial charge on any atom is -0.507 e. The molecule has 1 aromatic carbocycles. The van der Waals surface area contributed by atoms with Gasteiger partial charge in [0.15, 0.2) is 11.5 Å². The fraction of sp³-hybridized carbons (Fsp3) is 0.304. The van der Waals surface area contributed by atoms with Crippen LogP contribution in [0.2, 0.25) is 0 Å². The van der Waals surface area contributed by atoms with E-state index in [-0.39, 0.29) is 28.6 Å². The number of nitrogens with one attached hydrogen (secondary N) is 1. The monoisotopic (exact) mass is 498 g/mol. The van der Waals surface area contributed by atoms with Crippen LogP contribution in [0, 0.1) is 0 Å². The first-order valence-electron chi connectivity index (χ1n) is 11.1. The summed E-state index contributed by atoms with van der Waals surface area (Å²) in [5.41, 5.74) is 5.54. The predicted molar refractivity (Wildman–Crippen MR) is 123 cm³/mol. The number of anilines is 2. The number of phenols is 1. The topological polar surface area (TPSA) is 144 Å². The molecule has 0 fully saturated rings. The number of rotatable bonds is 5. The molecule has 4 aromatic rings. The predicted octanol–water partition coefficient (Wildman–Crippen LogP) is 3.49. The molecule has 0 radical (unpaired) electrons. The molecule has 0 aliphatic carbocycles. The Kier molecular flexibility index (Phi) is 5.30. The summed E-state index contributed by atoms with van der Waals surface area (Å²) in [6.07, 6.45) is 0.783. The molecule has 1 atom stereocenters. The van der Waals surface area contributed by atoms with Gasteiger partial charge in [-0.05, 0) is 37.5 Å². The number of aryl methyl sites for hydroxylation is 1. The van der Waals surface area contributed by atoms with Crippen molar-refractivity contribution >= 4 is 23.2 Å². The van der Waals surface area contributed by atoms with Crippen molar-refractivity contribution in [2.75, 3.05) is 11.1 Å². The number of benzene rings is 1. The Morgan fingerprint density at radius 3 is 2.69 bits per heavy atom. The zero-order valence-corrected chi connectivity index (χ0v) is 19.3. The maximum absolute atomic E-state index is 13.1. The fourth-order valence-electron chi connectivity index (χ4n) is 4.39. The number of unbranched alkanes of at least 4 members (excludes halogenated alkanes) is 1. The second-order valence-electron chi connectivity index (χ2n) is 8.67. The number of nitrogens with two attached hydrogens (primary N) is 1. The standard InChI is InChI=1S/C23H21F3N8O2/c1-3-4-5-13-20-28-10-29-34(20)9-14(30-13)18-31-17(27)16-19(32-18)33-21(36)22(16,2)11-6-7-12(15(35)8-11)23(24,25)26/h6-10,35H,3-5H2,1-2H3,(H3,27,31,32,33,36). The SMILES string of the molecule is CCCCc1nc(-c2nc(N)c3c(n2)NC(=O)C3(C)c2ccc(C(F)(F)F)c(O)c2)cn2ncnc12. The van der Waals surface area contributed by atoms with E-state index in [4.69, 9.17) is 5.73 Å². The van der Waals surface area contributed by atoms with Crippen molar-refractivity contribution in [2.45, 2.75) is 44.7 Å². The number of aromatic hydroxyl groups is 1. The molecule has 186 valence electrons. The van der Waals surface area contributed by atoms with Crippen LogP contribution in [0.1, 0.15) is 49.1 Å². The third kappa shape index (κ3) is 3.58. The Hall–Kier alpha value is -4.29. The summed E-state index contributed by atoms with van der Waals surface area (Å²) in [4.78, 5) is 30.8. The normalized spacial score (nSPS) is 17.4. The molecular weight excluding hydrogens is 477 g/mol. The quantitative estimate of drug-likeness (QED) is 0.379. The van der Waals surface area contributed by atoms with E-state index in [0.717, 1.165) is 31.0 Å². The zero-order valence-electron chi connectivity index (χ0n) is 19.3. The van der Waals surface area contributed by atoms with Gasteiger partial charge in [-0.3, -0.25) is 4.79 Å². The molecule has 0 saturated carbocycles. The first kappa shape index (κ1) is 23.5. The van der Waals surface area contributed by atoms with Crippen LogP contribution in [-0.2, 0) is 22.8 Å². The highest BCUT2D eigenvalue weighted by Gasteiger charge is 2.48. The molecule has 10 nitrogen and oxygen atoms in total. The van der Waals surface area contributed by atoms with Crippen LogP contribution in [0.5, 0.6) is 5.75 Å². The van der Waals surface area contributed by atoms with Crippen molar-refractivity contribution in [3.05, 3.63) is 53.1 Å². The van der Waals surface area contributed by atoms with E-state index in [0.29, 0.717) is 23.5 Å². The van der Waals surface area contributed by atoms with Crippen molar-refractivity contribution in [1.29, 1.82) is 0 Å². The van der Waals surface area contributed by atoms with Crippen LogP contribution in [0.25, 0.3) is 17.2 Å².